The van der Waals surface area contributed by atoms with E-state index in [1.54, 1.807) is 6.07 Å². The van der Waals surface area contributed by atoms with Crippen molar-refractivity contribution in [3.63, 3.8) is 0 Å². The first-order chi connectivity index (χ1) is 14.3. The van der Waals surface area contributed by atoms with Crippen LogP contribution in [0.15, 0.2) is 42.5 Å². The van der Waals surface area contributed by atoms with Gasteiger partial charge in [0.25, 0.3) is 5.91 Å². The molecule has 0 atom stereocenters. The number of amides is 1. The van der Waals surface area contributed by atoms with Crippen LogP contribution in [0.1, 0.15) is 41.6 Å². The number of rotatable bonds is 4. The van der Waals surface area contributed by atoms with E-state index < -0.39 is 10.0 Å². The molecule has 6 nitrogen and oxygen atoms in total. The highest BCUT2D eigenvalue weighted by Crippen LogP contribution is 2.54. The summed E-state index contributed by atoms with van der Waals surface area (Å²) in [6.07, 6.45) is 7.02. The normalized spacial score (nSPS) is 19.6. The number of anilines is 3. The minimum absolute atomic E-state index is 0.166. The van der Waals surface area contributed by atoms with Gasteiger partial charge in [0.05, 0.1) is 17.5 Å². The summed E-state index contributed by atoms with van der Waals surface area (Å²) >= 11 is 0. The molecule has 1 amide bonds. The van der Waals surface area contributed by atoms with Crippen LogP contribution in [-0.2, 0) is 16.4 Å². The Labute approximate surface area is 177 Å². The molecule has 0 radical (unpaired) electrons. The van der Waals surface area contributed by atoms with E-state index in [-0.39, 0.29) is 5.91 Å². The Balaban J connectivity index is 1.37. The number of fused-ring (bicyclic) bond motifs is 1. The lowest BCUT2D eigenvalue weighted by Gasteiger charge is -2.34. The third-order valence-corrected chi connectivity index (χ3v) is 8.05. The average molecular weight is 426 g/mol. The van der Waals surface area contributed by atoms with Gasteiger partial charge in [-0.1, -0.05) is 18.2 Å². The first kappa shape index (κ1) is 19.4. The quantitative estimate of drug-likeness (QED) is 0.812. The molecular formula is C23H27N3O3S. The van der Waals surface area contributed by atoms with Gasteiger partial charge < -0.3 is 10.2 Å². The smallest absolute Gasteiger partial charge is 0.257 e. The molecule has 0 bridgehead atoms. The van der Waals surface area contributed by atoms with Gasteiger partial charge in [-0.15, -0.1) is 0 Å². The molecule has 1 saturated heterocycles. The second-order valence-electron chi connectivity index (χ2n) is 8.89. The van der Waals surface area contributed by atoms with Crippen molar-refractivity contribution in [1.82, 2.24) is 0 Å². The van der Waals surface area contributed by atoms with Crippen LogP contribution in [0.25, 0.3) is 0 Å². The van der Waals surface area contributed by atoms with Crippen LogP contribution in [0, 0.1) is 5.41 Å². The van der Waals surface area contributed by atoms with Crippen molar-refractivity contribution in [1.29, 1.82) is 0 Å². The lowest BCUT2D eigenvalue weighted by molar-refractivity contribution is 0.102. The minimum atomic E-state index is -3.33. The van der Waals surface area contributed by atoms with Crippen LogP contribution in [0.2, 0.25) is 0 Å². The van der Waals surface area contributed by atoms with E-state index in [4.69, 9.17) is 0 Å². The predicted molar refractivity (Wildman–Crippen MR) is 120 cm³/mol. The summed E-state index contributed by atoms with van der Waals surface area (Å²) in [5.74, 6) is -0.166. The van der Waals surface area contributed by atoms with E-state index in [1.807, 2.05) is 36.4 Å². The Kier molecular flexibility index (Phi) is 4.54. The van der Waals surface area contributed by atoms with E-state index in [1.165, 1.54) is 36.2 Å². The van der Waals surface area contributed by atoms with Crippen molar-refractivity contribution in [2.24, 2.45) is 5.41 Å². The maximum absolute atomic E-state index is 13.1. The minimum Gasteiger partial charge on any atom is -0.371 e. The highest BCUT2D eigenvalue weighted by molar-refractivity contribution is 7.92. The molecule has 1 N–H and O–H groups in total. The van der Waals surface area contributed by atoms with Crippen molar-refractivity contribution >= 4 is 33.0 Å². The molecule has 1 spiro atoms. The molecule has 158 valence electrons. The number of nitrogens with zero attached hydrogens (tertiary/aromatic N) is 2. The van der Waals surface area contributed by atoms with Crippen molar-refractivity contribution in [2.45, 2.75) is 32.1 Å². The molecule has 0 unspecified atom stereocenters. The first-order valence-corrected chi connectivity index (χ1v) is 12.5. The van der Waals surface area contributed by atoms with Gasteiger partial charge in [-0.3, -0.25) is 9.10 Å². The summed E-state index contributed by atoms with van der Waals surface area (Å²) in [6.45, 7) is 2.43. The molecule has 2 fully saturated rings. The van der Waals surface area contributed by atoms with Crippen molar-refractivity contribution in [3.8, 4) is 0 Å². The maximum atomic E-state index is 13.1. The first-order valence-electron chi connectivity index (χ1n) is 10.6. The van der Waals surface area contributed by atoms with Crippen molar-refractivity contribution in [2.75, 3.05) is 40.4 Å². The number of piperidine rings is 1. The summed E-state index contributed by atoms with van der Waals surface area (Å²) in [5.41, 5.74) is 4.48. The lowest BCUT2D eigenvalue weighted by Crippen LogP contribution is -2.35. The van der Waals surface area contributed by atoms with Gasteiger partial charge in [-0.25, -0.2) is 8.42 Å². The van der Waals surface area contributed by atoms with Gasteiger partial charge in [0.15, 0.2) is 0 Å². The van der Waals surface area contributed by atoms with Gasteiger partial charge in [-0.05, 0) is 67.3 Å². The Morgan fingerprint density at radius 3 is 2.40 bits per heavy atom. The number of sulfonamides is 1. The number of hydrogen-bond acceptors (Lipinski definition) is 4. The third-order valence-electron chi connectivity index (χ3n) is 6.87. The molecule has 5 rings (SSSR count). The summed E-state index contributed by atoms with van der Waals surface area (Å²) in [6, 6.07) is 13.3. The second-order valence-corrected chi connectivity index (χ2v) is 10.8. The highest BCUT2D eigenvalue weighted by Gasteiger charge is 2.44. The molecule has 0 aromatic heterocycles. The summed E-state index contributed by atoms with van der Waals surface area (Å²) in [7, 11) is -3.33. The Morgan fingerprint density at radius 1 is 0.967 bits per heavy atom. The average Bonchev–Trinajstić information content (AvgIpc) is 3.33. The predicted octanol–water partition coefficient (Wildman–Crippen LogP) is 3.64. The van der Waals surface area contributed by atoms with Crippen LogP contribution in [0.5, 0.6) is 0 Å². The molecule has 3 aliphatic rings. The summed E-state index contributed by atoms with van der Waals surface area (Å²) < 4.78 is 25.5. The number of hydrogen-bond donors (Lipinski definition) is 1. The van der Waals surface area contributed by atoms with Crippen LogP contribution in [-0.4, -0.2) is 40.2 Å². The van der Waals surface area contributed by atoms with E-state index >= 15 is 0 Å². The molecule has 1 aliphatic carbocycles. The summed E-state index contributed by atoms with van der Waals surface area (Å²) in [4.78, 5) is 15.5. The third kappa shape index (κ3) is 3.55. The monoisotopic (exact) mass is 425 g/mol. The van der Waals surface area contributed by atoms with E-state index in [2.05, 4.69) is 10.2 Å². The maximum Gasteiger partial charge on any atom is 0.257 e. The highest BCUT2D eigenvalue weighted by atomic mass is 32.2. The molecule has 1 saturated carbocycles. The SMILES string of the molecule is CS(=O)(=O)N1CCc2ccc(NC(=O)c3ccccc3N3CCC4(CC3)CC4)cc21. The van der Waals surface area contributed by atoms with Gasteiger partial charge in [0.1, 0.15) is 0 Å². The largest absolute Gasteiger partial charge is 0.371 e. The van der Waals surface area contributed by atoms with Crippen LogP contribution in [0.4, 0.5) is 17.1 Å². The Hall–Kier alpha value is -2.54. The zero-order valence-electron chi connectivity index (χ0n) is 17.2. The molecular weight excluding hydrogens is 398 g/mol. The number of carbonyl (C=O) groups excluding carboxylic acids is 1. The van der Waals surface area contributed by atoms with Crippen molar-refractivity contribution in [3.05, 3.63) is 53.6 Å². The standard InChI is InChI=1S/C23H27N3O3S/c1-30(28,29)26-13-8-17-6-7-18(16-21(17)26)24-22(27)19-4-2-3-5-20(19)25-14-11-23(9-10-23)12-15-25/h2-7,16H,8-15H2,1H3,(H,24,27). The number of nitrogens with one attached hydrogen (secondary N) is 1. The zero-order chi connectivity index (χ0) is 20.9. The van der Waals surface area contributed by atoms with E-state index in [9.17, 15) is 13.2 Å². The molecule has 30 heavy (non-hydrogen) atoms. The van der Waals surface area contributed by atoms with E-state index in [0.29, 0.717) is 35.3 Å². The second kappa shape index (κ2) is 7.01. The zero-order valence-corrected chi connectivity index (χ0v) is 18.0. The fourth-order valence-electron chi connectivity index (χ4n) is 4.81. The Bertz CT molecular complexity index is 1100. The summed E-state index contributed by atoms with van der Waals surface area (Å²) in [5, 5.41) is 2.98. The molecule has 2 aliphatic heterocycles. The number of para-hydroxylation sites is 1. The molecule has 2 heterocycles. The fourth-order valence-corrected chi connectivity index (χ4v) is 5.76. The number of benzene rings is 2. The topological polar surface area (TPSA) is 69.7 Å². The molecule has 7 heteroatoms. The van der Waals surface area contributed by atoms with Gasteiger partial charge in [-0.2, -0.15) is 0 Å². The lowest BCUT2D eigenvalue weighted by atomic mass is 9.93. The number of carbonyl (C=O) groups is 1. The van der Waals surface area contributed by atoms with Gasteiger partial charge >= 0.3 is 0 Å². The van der Waals surface area contributed by atoms with Crippen LogP contribution >= 0.6 is 0 Å². The molecule has 2 aromatic carbocycles. The molecule has 2 aromatic rings. The van der Waals surface area contributed by atoms with Crippen LogP contribution in [0.3, 0.4) is 0 Å². The van der Waals surface area contributed by atoms with Crippen molar-refractivity contribution < 1.29 is 13.2 Å². The van der Waals surface area contributed by atoms with Crippen LogP contribution < -0.4 is 14.5 Å². The fraction of sp³-hybridized carbons (Fsp3) is 0.435. The van der Waals surface area contributed by atoms with Gasteiger partial charge in [0, 0.05) is 31.0 Å². The van der Waals surface area contributed by atoms with Gasteiger partial charge in [0.2, 0.25) is 10.0 Å². The Morgan fingerprint density at radius 2 is 1.70 bits per heavy atom. The van der Waals surface area contributed by atoms with E-state index in [0.717, 1.165) is 24.3 Å².